The lowest BCUT2D eigenvalue weighted by Gasteiger charge is -2.17. The topological polar surface area (TPSA) is 47.4 Å². The maximum atomic E-state index is 11.5. The van der Waals surface area contributed by atoms with Crippen LogP contribution in [-0.4, -0.2) is 27.8 Å². The maximum absolute atomic E-state index is 11.5. The van der Waals surface area contributed by atoms with Crippen LogP contribution in [0.3, 0.4) is 0 Å². The first-order valence-electron chi connectivity index (χ1n) is 6.18. The number of nitrogens with zero attached hydrogens (tertiary/aromatic N) is 3. The van der Waals surface area contributed by atoms with Crippen molar-refractivity contribution < 1.29 is 9.63 Å². The molecule has 2 aromatic rings. The molecular weight excluding hydrogens is 242 g/mol. The van der Waals surface area contributed by atoms with Gasteiger partial charge in [-0.15, -0.1) is 0 Å². The molecule has 0 N–H and O–H groups in total. The summed E-state index contributed by atoms with van der Waals surface area (Å²) in [5.41, 5.74) is 1.72. The quantitative estimate of drug-likeness (QED) is 0.792. The third kappa shape index (κ3) is 2.93. The number of benzene rings is 1. The van der Waals surface area contributed by atoms with Crippen LogP contribution in [0.4, 0.5) is 0 Å². The van der Waals surface area contributed by atoms with Crippen LogP contribution in [0.5, 0.6) is 5.88 Å². The Balaban J connectivity index is 2.29. The van der Waals surface area contributed by atoms with Crippen LogP contribution in [0.25, 0.3) is 5.69 Å². The summed E-state index contributed by atoms with van der Waals surface area (Å²) < 4.78 is 1.68. The summed E-state index contributed by atoms with van der Waals surface area (Å²) in [6, 6.07) is 11.5. The molecule has 0 bridgehead atoms. The average molecular weight is 259 g/mol. The molecule has 1 amide bonds. The summed E-state index contributed by atoms with van der Waals surface area (Å²) in [5.74, 6) is 0.437. The minimum absolute atomic E-state index is 0.0848. The first-order chi connectivity index (χ1) is 9.11. The summed E-state index contributed by atoms with van der Waals surface area (Å²) in [6.45, 7) is 3.68. The van der Waals surface area contributed by atoms with Gasteiger partial charge in [0, 0.05) is 19.5 Å². The largest absolute Gasteiger partial charge is 0.357 e. The fourth-order valence-corrected chi connectivity index (χ4v) is 1.71. The van der Waals surface area contributed by atoms with Crippen molar-refractivity contribution in [3.63, 3.8) is 0 Å². The van der Waals surface area contributed by atoms with Crippen molar-refractivity contribution in [3.05, 3.63) is 42.1 Å². The molecule has 2 rings (SSSR count). The van der Waals surface area contributed by atoms with Crippen molar-refractivity contribution in [2.45, 2.75) is 20.3 Å². The van der Waals surface area contributed by atoms with Gasteiger partial charge in [0.25, 0.3) is 5.91 Å². The molecule has 0 saturated heterocycles. The van der Waals surface area contributed by atoms with Crippen LogP contribution in [-0.2, 0) is 4.79 Å². The molecule has 1 heterocycles. The number of hydrogen-bond acceptors (Lipinski definition) is 3. The normalized spacial score (nSPS) is 10.3. The molecule has 0 spiro atoms. The number of hydroxylamine groups is 2. The van der Waals surface area contributed by atoms with E-state index in [1.165, 1.54) is 5.06 Å². The lowest BCUT2D eigenvalue weighted by Crippen LogP contribution is -2.30. The van der Waals surface area contributed by atoms with Gasteiger partial charge in [0.05, 0.1) is 11.4 Å². The van der Waals surface area contributed by atoms with E-state index >= 15 is 0 Å². The number of carbonyl (C=O) groups excluding carboxylic acids is 1. The van der Waals surface area contributed by atoms with Crippen molar-refractivity contribution in [1.29, 1.82) is 0 Å². The smallest absolute Gasteiger partial charge is 0.254 e. The zero-order valence-electron chi connectivity index (χ0n) is 11.3. The highest BCUT2D eigenvalue weighted by atomic mass is 16.7. The van der Waals surface area contributed by atoms with E-state index < -0.39 is 0 Å². The fourth-order valence-electron chi connectivity index (χ4n) is 1.71. The van der Waals surface area contributed by atoms with E-state index in [2.05, 4.69) is 5.10 Å². The summed E-state index contributed by atoms with van der Waals surface area (Å²) in [6.07, 6.45) is 0.398. The molecule has 1 aromatic carbocycles. The molecule has 0 atom stereocenters. The molecule has 1 aromatic heterocycles. The molecule has 5 heteroatoms. The SMILES string of the molecule is CCC(=O)N(C)Oc1cc(C)nn1-c1ccccc1. The highest BCUT2D eigenvalue weighted by Gasteiger charge is 2.14. The Labute approximate surface area is 112 Å². The number of para-hydroxylation sites is 1. The van der Waals surface area contributed by atoms with Crippen LogP contribution < -0.4 is 4.84 Å². The van der Waals surface area contributed by atoms with Crippen LogP contribution in [0.2, 0.25) is 0 Å². The average Bonchev–Trinajstić information content (AvgIpc) is 2.79. The van der Waals surface area contributed by atoms with E-state index in [-0.39, 0.29) is 5.91 Å². The van der Waals surface area contributed by atoms with Crippen LogP contribution in [0, 0.1) is 6.92 Å². The highest BCUT2D eigenvalue weighted by molar-refractivity contribution is 5.74. The van der Waals surface area contributed by atoms with E-state index in [0.717, 1.165) is 11.4 Å². The molecule has 0 radical (unpaired) electrons. The van der Waals surface area contributed by atoms with Crippen LogP contribution in [0.15, 0.2) is 36.4 Å². The van der Waals surface area contributed by atoms with E-state index in [1.807, 2.05) is 37.3 Å². The molecule has 19 heavy (non-hydrogen) atoms. The number of aromatic nitrogens is 2. The fraction of sp³-hybridized carbons (Fsp3) is 0.286. The van der Waals surface area contributed by atoms with E-state index in [1.54, 1.807) is 24.7 Å². The third-order valence-corrected chi connectivity index (χ3v) is 2.68. The molecule has 0 aliphatic heterocycles. The molecule has 5 nitrogen and oxygen atoms in total. The predicted octanol–water partition coefficient (Wildman–Crippen LogP) is 2.34. The second kappa shape index (κ2) is 5.56. The minimum Gasteiger partial charge on any atom is -0.357 e. The van der Waals surface area contributed by atoms with Gasteiger partial charge in [-0.2, -0.15) is 14.8 Å². The van der Waals surface area contributed by atoms with Crippen molar-refractivity contribution in [2.75, 3.05) is 7.05 Å². The molecule has 100 valence electrons. The maximum Gasteiger partial charge on any atom is 0.254 e. The van der Waals surface area contributed by atoms with Crippen LogP contribution in [0.1, 0.15) is 19.0 Å². The lowest BCUT2D eigenvalue weighted by molar-refractivity contribution is -0.153. The lowest BCUT2D eigenvalue weighted by atomic mass is 10.3. The number of rotatable bonds is 4. The van der Waals surface area contributed by atoms with E-state index in [0.29, 0.717) is 12.3 Å². The van der Waals surface area contributed by atoms with Gasteiger partial charge in [0.1, 0.15) is 0 Å². The molecule has 0 fully saturated rings. The molecular formula is C14H17N3O2. The van der Waals surface area contributed by atoms with Crippen LogP contribution >= 0.6 is 0 Å². The van der Waals surface area contributed by atoms with Gasteiger partial charge in [0.2, 0.25) is 5.88 Å². The first kappa shape index (κ1) is 13.1. The van der Waals surface area contributed by atoms with Gasteiger partial charge in [0.15, 0.2) is 0 Å². The number of aryl methyl sites for hydroxylation is 1. The summed E-state index contributed by atoms with van der Waals surface area (Å²) in [5, 5.41) is 5.60. The standard InChI is InChI=1S/C14H17N3O2/c1-4-13(18)16(3)19-14-10-11(2)15-17(14)12-8-6-5-7-9-12/h5-10H,4H2,1-3H3. The van der Waals surface area contributed by atoms with Crippen molar-refractivity contribution in [3.8, 4) is 11.6 Å². The van der Waals surface area contributed by atoms with E-state index in [4.69, 9.17) is 4.84 Å². The summed E-state index contributed by atoms with van der Waals surface area (Å²) >= 11 is 0. The second-order valence-corrected chi connectivity index (χ2v) is 4.21. The zero-order chi connectivity index (χ0) is 13.8. The Morgan fingerprint density at radius 1 is 1.37 bits per heavy atom. The monoisotopic (exact) mass is 259 g/mol. The van der Waals surface area contributed by atoms with Gasteiger partial charge >= 0.3 is 0 Å². The predicted molar refractivity (Wildman–Crippen MR) is 72.0 cm³/mol. The van der Waals surface area contributed by atoms with Gasteiger partial charge in [-0.3, -0.25) is 4.79 Å². The second-order valence-electron chi connectivity index (χ2n) is 4.21. The van der Waals surface area contributed by atoms with Crippen molar-refractivity contribution in [1.82, 2.24) is 14.8 Å². The Hall–Kier alpha value is -2.30. The van der Waals surface area contributed by atoms with Gasteiger partial charge in [-0.1, -0.05) is 25.1 Å². The van der Waals surface area contributed by atoms with Crippen molar-refractivity contribution in [2.24, 2.45) is 0 Å². The number of hydrogen-bond donors (Lipinski definition) is 0. The first-order valence-corrected chi connectivity index (χ1v) is 6.18. The van der Waals surface area contributed by atoms with Crippen molar-refractivity contribution >= 4 is 5.91 Å². The Bertz CT molecular complexity index is 563. The Kier molecular flexibility index (Phi) is 3.85. The summed E-state index contributed by atoms with van der Waals surface area (Å²) in [7, 11) is 1.60. The molecule has 0 saturated carbocycles. The summed E-state index contributed by atoms with van der Waals surface area (Å²) in [4.78, 5) is 17.1. The van der Waals surface area contributed by atoms with Gasteiger partial charge in [-0.25, -0.2) is 0 Å². The Morgan fingerprint density at radius 3 is 2.68 bits per heavy atom. The highest BCUT2D eigenvalue weighted by Crippen LogP contribution is 2.19. The van der Waals surface area contributed by atoms with Gasteiger partial charge in [-0.05, 0) is 19.1 Å². The molecule has 0 aliphatic rings. The minimum atomic E-state index is -0.0848. The zero-order valence-corrected chi connectivity index (χ0v) is 11.3. The molecule has 0 unspecified atom stereocenters. The number of amides is 1. The Morgan fingerprint density at radius 2 is 2.05 bits per heavy atom. The third-order valence-electron chi connectivity index (χ3n) is 2.68. The van der Waals surface area contributed by atoms with E-state index in [9.17, 15) is 4.79 Å². The van der Waals surface area contributed by atoms with Gasteiger partial charge < -0.3 is 4.84 Å². The number of carbonyl (C=O) groups is 1. The molecule has 0 aliphatic carbocycles.